The quantitative estimate of drug-likeness (QED) is 0.632. The molecule has 1 heterocycles. The van der Waals surface area contributed by atoms with E-state index in [9.17, 15) is 9.90 Å². The van der Waals surface area contributed by atoms with Crippen LogP contribution >= 0.6 is 0 Å². The topological polar surface area (TPSA) is 49.8 Å². The van der Waals surface area contributed by atoms with E-state index >= 15 is 0 Å². The number of rotatable bonds is 3. The zero-order valence-electron chi connectivity index (χ0n) is 7.32. The molecule has 12 heavy (non-hydrogen) atoms. The minimum atomic E-state index is -0.782. The van der Waals surface area contributed by atoms with Crippen molar-refractivity contribution >= 4 is 5.91 Å². The molecule has 4 nitrogen and oxygen atoms in total. The zero-order valence-corrected chi connectivity index (χ0v) is 7.32. The van der Waals surface area contributed by atoms with Crippen LogP contribution in [0.15, 0.2) is 0 Å². The van der Waals surface area contributed by atoms with E-state index in [0.29, 0.717) is 19.6 Å². The van der Waals surface area contributed by atoms with Gasteiger partial charge in [-0.2, -0.15) is 0 Å². The van der Waals surface area contributed by atoms with Gasteiger partial charge in [0, 0.05) is 20.2 Å². The molecule has 1 aliphatic rings. The lowest BCUT2D eigenvalue weighted by Gasteiger charge is -2.29. The van der Waals surface area contributed by atoms with Crippen molar-refractivity contribution in [3.8, 4) is 0 Å². The number of carbonyl (C=O) groups is 1. The first kappa shape index (κ1) is 9.48. The van der Waals surface area contributed by atoms with E-state index in [2.05, 4.69) is 0 Å². The van der Waals surface area contributed by atoms with E-state index < -0.39 is 6.10 Å². The molecule has 1 amide bonds. The summed E-state index contributed by atoms with van der Waals surface area (Å²) >= 11 is 0. The molecule has 0 bridgehead atoms. The number of likely N-dealkylation sites (tertiary alicyclic amines) is 1. The third-order valence-corrected chi connectivity index (χ3v) is 2.07. The molecule has 1 saturated heterocycles. The number of nitrogens with zero attached hydrogens (tertiary/aromatic N) is 1. The summed E-state index contributed by atoms with van der Waals surface area (Å²) in [6.45, 7) is 1.88. The van der Waals surface area contributed by atoms with Crippen LogP contribution in [-0.4, -0.2) is 48.8 Å². The van der Waals surface area contributed by atoms with Gasteiger partial charge in [-0.3, -0.25) is 4.79 Å². The number of hydrogen-bond donors (Lipinski definition) is 1. The molecule has 0 aromatic rings. The predicted molar refractivity (Wildman–Crippen MR) is 43.7 cm³/mol. The lowest BCUT2D eigenvalue weighted by Crippen LogP contribution is -2.45. The molecule has 1 fully saturated rings. The maximum absolute atomic E-state index is 11.3. The minimum absolute atomic E-state index is 0.154. The van der Waals surface area contributed by atoms with Gasteiger partial charge in [0.2, 0.25) is 0 Å². The zero-order chi connectivity index (χ0) is 8.97. The molecular formula is C8H15NO3. The highest BCUT2D eigenvalue weighted by molar-refractivity contribution is 5.81. The van der Waals surface area contributed by atoms with Crippen LogP contribution in [0.25, 0.3) is 0 Å². The molecule has 0 saturated carbocycles. The highest BCUT2D eigenvalue weighted by Gasteiger charge is 2.25. The fourth-order valence-electron chi connectivity index (χ4n) is 1.34. The van der Waals surface area contributed by atoms with Crippen LogP contribution in [0, 0.1) is 0 Å². The van der Waals surface area contributed by atoms with Crippen LogP contribution in [0.4, 0.5) is 0 Å². The average molecular weight is 173 g/mol. The van der Waals surface area contributed by atoms with Crippen molar-refractivity contribution in [2.45, 2.75) is 18.9 Å². The van der Waals surface area contributed by atoms with Crippen molar-refractivity contribution in [1.82, 2.24) is 4.90 Å². The highest BCUT2D eigenvalue weighted by atomic mass is 16.5. The normalized spacial score (nSPS) is 24.7. The molecular weight excluding hydrogens is 158 g/mol. The second-order valence-corrected chi connectivity index (χ2v) is 2.98. The van der Waals surface area contributed by atoms with Crippen LogP contribution in [0.2, 0.25) is 0 Å². The van der Waals surface area contributed by atoms with Gasteiger partial charge in [-0.1, -0.05) is 0 Å². The number of ether oxygens (including phenoxy) is 1. The molecule has 0 aromatic heterocycles. The van der Waals surface area contributed by atoms with Crippen LogP contribution < -0.4 is 0 Å². The van der Waals surface area contributed by atoms with Crippen LogP contribution in [0.3, 0.4) is 0 Å². The molecule has 70 valence electrons. The highest BCUT2D eigenvalue weighted by Crippen LogP contribution is 2.10. The third kappa shape index (κ3) is 2.19. The Bertz CT molecular complexity index is 160. The van der Waals surface area contributed by atoms with Gasteiger partial charge < -0.3 is 14.7 Å². The average Bonchev–Trinajstić information content (AvgIpc) is 2.08. The van der Waals surface area contributed by atoms with Crippen molar-refractivity contribution in [3.05, 3.63) is 0 Å². The molecule has 1 rings (SSSR count). The monoisotopic (exact) mass is 173 g/mol. The van der Waals surface area contributed by atoms with Crippen molar-refractivity contribution in [1.29, 1.82) is 0 Å². The standard InChI is InChI=1S/C8H15NO3/c1-12-6-5-9-4-2-3-7(10)8(9)11/h7,10H,2-6H2,1H3. The molecule has 1 atom stereocenters. The summed E-state index contributed by atoms with van der Waals surface area (Å²) < 4.78 is 4.85. The molecule has 0 radical (unpaired) electrons. The fraction of sp³-hybridized carbons (Fsp3) is 0.875. The van der Waals surface area contributed by atoms with Gasteiger partial charge in [-0.05, 0) is 12.8 Å². The minimum Gasteiger partial charge on any atom is -0.383 e. The van der Waals surface area contributed by atoms with Crippen molar-refractivity contribution < 1.29 is 14.6 Å². The Morgan fingerprint density at radius 1 is 1.75 bits per heavy atom. The smallest absolute Gasteiger partial charge is 0.251 e. The number of carbonyl (C=O) groups excluding carboxylic acids is 1. The maximum atomic E-state index is 11.3. The van der Waals surface area contributed by atoms with Gasteiger partial charge in [0.1, 0.15) is 6.10 Å². The molecule has 0 aromatic carbocycles. The molecule has 1 N–H and O–H groups in total. The van der Waals surface area contributed by atoms with E-state index in [1.165, 1.54) is 0 Å². The Labute approximate surface area is 72.1 Å². The Kier molecular flexibility index (Phi) is 3.49. The SMILES string of the molecule is COCCN1CCCC(O)C1=O. The van der Waals surface area contributed by atoms with Gasteiger partial charge in [0.15, 0.2) is 0 Å². The number of aliphatic hydroxyl groups excluding tert-OH is 1. The number of hydrogen-bond acceptors (Lipinski definition) is 3. The summed E-state index contributed by atoms with van der Waals surface area (Å²) in [6.07, 6.45) is 0.703. The van der Waals surface area contributed by atoms with E-state index in [1.54, 1.807) is 12.0 Å². The van der Waals surface area contributed by atoms with E-state index in [0.717, 1.165) is 13.0 Å². The predicted octanol–water partition coefficient (Wildman–Crippen LogP) is -0.384. The van der Waals surface area contributed by atoms with Gasteiger partial charge >= 0.3 is 0 Å². The van der Waals surface area contributed by atoms with Gasteiger partial charge in [0.25, 0.3) is 5.91 Å². The number of amides is 1. The van der Waals surface area contributed by atoms with Crippen LogP contribution in [0.1, 0.15) is 12.8 Å². The Hall–Kier alpha value is -0.610. The maximum Gasteiger partial charge on any atom is 0.251 e. The van der Waals surface area contributed by atoms with Gasteiger partial charge in [-0.15, -0.1) is 0 Å². The summed E-state index contributed by atoms with van der Waals surface area (Å²) in [4.78, 5) is 12.9. The first-order valence-electron chi connectivity index (χ1n) is 4.21. The first-order valence-corrected chi connectivity index (χ1v) is 4.21. The van der Waals surface area contributed by atoms with Crippen molar-refractivity contribution in [2.24, 2.45) is 0 Å². The summed E-state index contributed by atoms with van der Waals surface area (Å²) in [5.41, 5.74) is 0. The number of methoxy groups -OCH3 is 1. The van der Waals surface area contributed by atoms with Crippen LogP contribution in [-0.2, 0) is 9.53 Å². The fourth-order valence-corrected chi connectivity index (χ4v) is 1.34. The molecule has 0 spiro atoms. The van der Waals surface area contributed by atoms with E-state index in [4.69, 9.17) is 4.74 Å². The molecule has 1 aliphatic heterocycles. The first-order chi connectivity index (χ1) is 5.75. The van der Waals surface area contributed by atoms with E-state index in [-0.39, 0.29) is 5.91 Å². The summed E-state index contributed by atoms with van der Waals surface area (Å²) in [5, 5.41) is 9.22. The molecule has 1 unspecified atom stereocenters. The lowest BCUT2D eigenvalue weighted by molar-refractivity contribution is -0.144. The Morgan fingerprint density at radius 3 is 3.17 bits per heavy atom. The lowest BCUT2D eigenvalue weighted by atomic mass is 10.1. The summed E-state index contributed by atoms with van der Waals surface area (Å²) in [7, 11) is 1.60. The summed E-state index contributed by atoms with van der Waals surface area (Å²) in [6, 6.07) is 0. The largest absolute Gasteiger partial charge is 0.383 e. The molecule has 4 heteroatoms. The van der Waals surface area contributed by atoms with Crippen molar-refractivity contribution in [2.75, 3.05) is 26.8 Å². The van der Waals surface area contributed by atoms with Gasteiger partial charge in [0.05, 0.1) is 6.61 Å². The Balaban J connectivity index is 2.36. The van der Waals surface area contributed by atoms with E-state index in [1.807, 2.05) is 0 Å². The number of piperidine rings is 1. The third-order valence-electron chi connectivity index (χ3n) is 2.07. The number of aliphatic hydroxyl groups is 1. The summed E-state index contributed by atoms with van der Waals surface area (Å²) in [5.74, 6) is -0.154. The second-order valence-electron chi connectivity index (χ2n) is 2.98. The van der Waals surface area contributed by atoms with Gasteiger partial charge in [-0.25, -0.2) is 0 Å². The Morgan fingerprint density at radius 2 is 2.50 bits per heavy atom. The second kappa shape index (κ2) is 4.42. The van der Waals surface area contributed by atoms with Crippen LogP contribution in [0.5, 0.6) is 0 Å². The molecule has 0 aliphatic carbocycles. The van der Waals surface area contributed by atoms with Crippen molar-refractivity contribution in [3.63, 3.8) is 0 Å².